The van der Waals surface area contributed by atoms with Crippen molar-refractivity contribution in [3.63, 3.8) is 0 Å². The van der Waals surface area contributed by atoms with Gasteiger partial charge in [0.25, 0.3) is 0 Å². The van der Waals surface area contributed by atoms with Gasteiger partial charge < -0.3 is 20.4 Å². The Morgan fingerprint density at radius 2 is 1.84 bits per heavy atom. The van der Waals surface area contributed by atoms with Gasteiger partial charge >= 0.3 is 0 Å². The molecule has 1 heterocycles. The van der Waals surface area contributed by atoms with E-state index in [-0.39, 0.29) is 5.92 Å². The molecule has 1 aromatic heterocycles. The summed E-state index contributed by atoms with van der Waals surface area (Å²) in [6, 6.07) is 18.9. The van der Waals surface area contributed by atoms with Crippen LogP contribution in [0.4, 0.5) is 0 Å². The molecule has 0 aliphatic rings. The summed E-state index contributed by atoms with van der Waals surface area (Å²) in [5.41, 5.74) is 3.69. The first kappa shape index (κ1) is 17.5. The third-order valence-corrected chi connectivity index (χ3v) is 4.55. The fourth-order valence-corrected chi connectivity index (χ4v) is 3.18. The number of para-hydroxylation sites is 1. The molecule has 4 nitrogen and oxygen atoms in total. The van der Waals surface area contributed by atoms with Gasteiger partial charge in [-0.1, -0.05) is 48.5 Å². The normalized spacial score (nSPS) is 12.0. The lowest BCUT2D eigenvalue weighted by atomic mass is 9.91. The topological polar surface area (TPSA) is 49.1 Å². The first-order valence-electron chi connectivity index (χ1n) is 8.41. The number of nitrogens with one attached hydrogen (secondary N) is 3. The minimum absolute atomic E-state index is 0.208. The molecule has 2 aromatic carbocycles. The van der Waals surface area contributed by atoms with Crippen LogP contribution in [0.25, 0.3) is 10.9 Å². The van der Waals surface area contributed by atoms with Crippen molar-refractivity contribution in [2.24, 2.45) is 0 Å². The van der Waals surface area contributed by atoms with Crippen LogP contribution < -0.4 is 10.6 Å². The lowest BCUT2D eigenvalue weighted by molar-refractivity contribution is 0.204. The van der Waals surface area contributed by atoms with Crippen molar-refractivity contribution in [3.05, 3.63) is 71.9 Å². The van der Waals surface area contributed by atoms with E-state index >= 15 is 0 Å². The van der Waals surface area contributed by atoms with Gasteiger partial charge in [0.1, 0.15) is 0 Å². The van der Waals surface area contributed by atoms with Crippen LogP contribution in [0.2, 0.25) is 0 Å². The Labute approximate surface area is 153 Å². The van der Waals surface area contributed by atoms with Crippen LogP contribution in [-0.4, -0.2) is 36.9 Å². The van der Waals surface area contributed by atoms with Gasteiger partial charge in [0.05, 0.1) is 6.61 Å². The number of rotatable bonds is 7. The third kappa shape index (κ3) is 4.38. The molecule has 25 heavy (non-hydrogen) atoms. The summed E-state index contributed by atoms with van der Waals surface area (Å²) >= 11 is 5.38. The van der Waals surface area contributed by atoms with E-state index in [1.807, 2.05) is 12.1 Å². The Hall–Kier alpha value is -2.37. The highest BCUT2D eigenvalue weighted by Gasteiger charge is 2.18. The second-order valence-corrected chi connectivity index (χ2v) is 6.29. The van der Waals surface area contributed by atoms with E-state index in [0.29, 0.717) is 18.3 Å². The lowest BCUT2D eigenvalue weighted by Gasteiger charge is -2.19. The average Bonchev–Trinajstić information content (AvgIpc) is 3.07. The van der Waals surface area contributed by atoms with Crippen molar-refractivity contribution in [1.29, 1.82) is 0 Å². The maximum absolute atomic E-state index is 5.38. The molecule has 0 fully saturated rings. The quantitative estimate of drug-likeness (QED) is 0.450. The van der Waals surface area contributed by atoms with E-state index in [2.05, 4.69) is 64.3 Å². The highest BCUT2D eigenvalue weighted by molar-refractivity contribution is 7.80. The second-order valence-electron chi connectivity index (χ2n) is 5.88. The maximum atomic E-state index is 5.38. The van der Waals surface area contributed by atoms with Crippen LogP contribution in [0.3, 0.4) is 0 Å². The summed E-state index contributed by atoms with van der Waals surface area (Å²) in [5, 5.41) is 8.40. The largest absolute Gasteiger partial charge is 0.383 e. The number of fused-ring (bicyclic) bond motifs is 1. The van der Waals surface area contributed by atoms with Gasteiger partial charge in [0.2, 0.25) is 0 Å². The SMILES string of the molecule is COCCNC(=S)NC[C@H](c1ccccc1)c1c[nH]c2ccccc12. The van der Waals surface area contributed by atoms with Gasteiger partial charge in [-0.15, -0.1) is 0 Å². The molecular weight excluding hydrogens is 330 g/mol. The molecule has 0 radical (unpaired) electrons. The molecule has 0 aliphatic carbocycles. The predicted molar refractivity (Wildman–Crippen MR) is 107 cm³/mol. The van der Waals surface area contributed by atoms with E-state index < -0.39 is 0 Å². The van der Waals surface area contributed by atoms with E-state index in [1.165, 1.54) is 16.5 Å². The number of hydrogen-bond donors (Lipinski definition) is 3. The molecular formula is C20H23N3OS. The molecule has 0 spiro atoms. The maximum Gasteiger partial charge on any atom is 0.166 e. The number of thiocarbonyl (C=S) groups is 1. The number of methoxy groups -OCH3 is 1. The van der Waals surface area contributed by atoms with Crippen molar-refractivity contribution in [2.45, 2.75) is 5.92 Å². The molecule has 1 atom stereocenters. The average molecular weight is 353 g/mol. The Morgan fingerprint density at radius 1 is 1.08 bits per heavy atom. The highest BCUT2D eigenvalue weighted by Crippen LogP contribution is 2.30. The molecule has 5 heteroatoms. The first-order valence-corrected chi connectivity index (χ1v) is 8.82. The Balaban J connectivity index is 1.80. The van der Waals surface area contributed by atoms with Gasteiger partial charge in [-0.3, -0.25) is 0 Å². The fourth-order valence-electron chi connectivity index (χ4n) is 3.00. The molecule has 0 amide bonds. The van der Waals surface area contributed by atoms with E-state index in [9.17, 15) is 0 Å². The summed E-state index contributed by atoms with van der Waals surface area (Å²) in [6.45, 7) is 2.06. The number of aromatic nitrogens is 1. The van der Waals surface area contributed by atoms with Crippen molar-refractivity contribution < 1.29 is 4.74 Å². The molecule has 0 aliphatic heterocycles. The minimum Gasteiger partial charge on any atom is -0.383 e. The summed E-state index contributed by atoms with van der Waals surface area (Å²) in [7, 11) is 1.68. The summed E-state index contributed by atoms with van der Waals surface area (Å²) in [5.74, 6) is 0.208. The van der Waals surface area contributed by atoms with Gasteiger partial charge in [-0.2, -0.15) is 0 Å². The van der Waals surface area contributed by atoms with Crippen LogP contribution >= 0.6 is 12.2 Å². The smallest absolute Gasteiger partial charge is 0.166 e. The third-order valence-electron chi connectivity index (χ3n) is 4.26. The number of aromatic amines is 1. The van der Waals surface area contributed by atoms with Gasteiger partial charge in [0, 0.05) is 43.2 Å². The van der Waals surface area contributed by atoms with Gasteiger partial charge in [-0.25, -0.2) is 0 Å². The second kappa shape index (κ2) is 8.65. The van der Waals surface area contributed by atoms with Gasteiger partial charge in [0.15, 0.2) is 5.11 Å². The number of benzene rings is 2. The summed E-state index contributed by atoms with van der Waals surface area (Å²) in [4.78, 5) is 3.38. The Morgan fingerprint density at radius 3 is 2.64 bits per heavy atom. The molecule has 3 rings (SSSR count). The first-order chi connectivity index (χ1) is 12.3. The molecule has 0 unspecified atom stereocenters. The predicted octanol–water partition coefficient (Wildman–Crippen LogP) is 3.41. The molecule has 0 saturated heterocycles. The Bertz CT molecular complexity index is 816. The van der Waals surface area contributed by atoms with Crippen LogP contribution in [0.1, 0.15) is 17.0 Å². The lowest BCUT2D eigenvalue weighted by Crippen LogP contribution is -2.39. The van der Waals surface area contributed by atoms with E-state index in [1.54, 1.807) is 7.11 Å². The zero-order chi connectivity index (χ0) is 17.5. The molecule has 3 N–H and O–H groups in total. The van der Waals surface area contributed by atoms with E-state index in [0.717, 1.165) is 12.1 Å². The minimum atomic E-state index is 0.208. The van der Waals surface area contributed by atoms with Crippen molar-refractivity contribution >= 4 is 28.2 Å². The molecule has 0 saturated carbocycles. The number of ether oxygens (including phenoxy) is 1. The highest BCUT2D eigenvalue weighted by atomic mass is 32.1. The van der Waals surface area contributed by atoms with Crippen molar-refractivity contribution in [2.75, 3.05) is 26.8 Å². The zero-order valence-electron chi connectivity index (χ0n) is 14.3. The summed E-state index contributed by atoms with van der Waals surface area (Å²) < 4.78 is 5.04. The van der Waals surface area contributed by atoms with E-state index in [4.69, 9.17) is 17.0 Å². The standard InChI is InChI=1S/C20H23N3OS/c1-24-12-11-21-20(25)23-13-17(15-7-3-2-4-8-15)18-14-22-19-10-6-5-9-16(18)19/h2-10,14,17,22H,11-13H2,1H3,(H2,21,23,25)/t17-/m1/s1. The monoisotopic (exact) mass is 353 g/mol. The molecule has 0 bridgehead atoms. The number of hydrogen-bond acceptors (Lipinski definition) is 2. The van der Waals surface area contributed by atoms with Crippen molar-refractivity contribution in [3.8, 4) is 0 Å². The van der Waals surface area contributed by atoms with Crippen molar-refractivity contribution in [1.82, 2.24) is 15.6 Å². The van der Waals surface area contributed by atoms with Crippen LogP contribution in [0.5, 0.6) is 0 Å². The Kier molecular flexibility index (Phi) is 6.04. The van der Waals surface area contributed by atoms with Crippen LogP contribution in [0.15, 0.2) is 60.8 Å². The molecule has 3 aromatic rings. The number of H-pyrrole nitrogens is 1. The summed E-state index contributed by atoms with van der Waals surface area (Å²) in [6.07, 6.45) is 2.10. The van der Waals surface area contributed by atoms with Crippen LogP contribution in [0, 0.1) is 0 Å². The van der Waals surface area contributed by atoms with Gasteiger partial charge in [-0.05, 0) is 29.4 Å². The molecule has 130 valence electrons. The van der Waals surface area contributed by atoms with Crippen LogP contribution in [-0.2, 0) is 4.74 Å². The fraction of sp³-hybridized carbons (Fsp3) is 0.250. The zero-order valence-corrected chi connectivity index (χ0v) is 15.1.